The largest absolute Gasteiger partial charge is 0.387 e. The van der Waals surface area contributed by atoms with Crippen molar-refractivity contribution in [3.8, 4) is 0 Å². The van der Waals surface area contributed by atoms with Gasteiger partial charge >= 0.3 is 0 Å². The molecular weight excluding hydrogens is 334 g/mol. The molecule has 5 nitrogen and oxygen atoms in total. The zero-order valence-electron chi connectivity index (χ0n) is 12.5. The third-order valence-corrected chi connectivity index (χ3v) is 4.41. The van der Waals surface area contributed by atoms with Crippen LogP contribution in [0.2, 0.25) is 0 Å². The van der Waals surface area contributed by atoms with Crippen LogP contribution >= 0.6 is 11.8 Å². The average Bonchev–Trinajstić information content (AvgIpc) is 3.01. The van der Waals surface area contributed by atoms with Gasteiger partial charge in [-0.05, 0) is 28.1 Å². The minimum absolute atomic E-state index is 0.0347. The van der Waals surface area contributed by atoms with Crippen molar-refractivity contribution >= 4 is 11.8 Å². The summed E-state index contributed by atoms with van der Waals surface area (Å²) in [7, 11) is 0. The fourth-order valence-corrected chi connectivity index (χ4v) is 3.04. The van der Waals surface area contributed by atoms with Gasteiger partial charge in [0, 0.05) is 5.75 Å². The van der Waals surface area contributed by atoms with Crippen molar-refractivity contribution in [2.24, 2.45) is 0 Å². The number of aliphatic hydroxyl groups is 1. The summed E-state index contributed by atoms with van der Waals surface area (Å²) in [5.74, 6) is -1.51. The Balaban J connectivity index is 1.68. The molecule has 0 fully saturated rings. The molecule has 1 aromatic heterocycles. The van der Waals surface area contributed by atoms with Gasteiger partial charge in [-0.3, -0.25) is 0 Å². The van der Waals surface area contributed by atoms with Crippen LogP contribution in [0.1, 0.15) is 17.2 Å². The van der Waals surface area contributed by atoms with Crippen LogP contribution in [0, 0.1) is 11.6 Å². The molecule has 0 spiro atoms. The predicted octanol–water partition coefficient (Wildman–Crippen LogP) is 2.83. The Bertz CT molecular complexity index is 793. The molecule has 0 radical (unpaired) electrons. The van der Waals surface area contributed by atoms with Crippen LogP contribution in [0.15, 0.2) is 53.7 Å². The van der Waals surface area contributed by atoms with E-state index in [0.717, 1.165) is 29.5 Å². The van der Waals surface area contributed by atoms with Crippen molar-refractivity contribution in [2.75, 3.05) is 5.75 Å². The highest BCUT2D eigenvalue weighted by molar-refractivity contribution is 7.99. The minimum Gasteiger partial charge on any atom is -0.387 e. The lowest BCUT2D eigenvalue weighted by Crippen LogP contribution is -2.08. The minimum atomic E-state index is -1.29. The second-order valence-corrected chi connectivity index (χ2v) is 6.05. The Morgan fingerprint density at radius 1 is 1.04 bits per heavy atom. The lowest BCUT2D eigenvalue weighted by atomic mass is 10.1. The molecule has 0 bridgehead atoms. The van der Waals surface area contributed by atoms with E-state index >= 15 is 0 Å². The Morgan fingerprint density at radius 2 is 1.75 bits per heavy atom. The van der Waals surface area contributed by atoms with Crippen LogP contribution in [0.3, 0.4) is 0 Å². The van der Waals surface area contributed by atoms with Gasteiger partial charge in [-0.25, -0.2) is 13.5 Å². The van der Waals surface area contributed by atoms with E-state index in [1.54, 1.807) is 4.68 Å². The molecule has 1 atom stereocenters. The van der Waals surface area contributed by atoms with Gasteiger partial charge < -0.3 is 5.11 Å². The van der Waals surface area contributed by atoms with E-state index in [1.165, 1.54) is 6.07 Å². The number of aliphatic hydroxyl groups excluding tert-OH is 1. The summed E-state index contributed by atoms with van der Waals surface area (Å²) in [5, 5.41) is 22.0. The molecule has 3 aromatic rings. The normalized spacial score (nSPS) is 12.3. The summed E-state index contributed by atoms with van der Waals surface area (Å²) in [5.41, 5.74) is 0.680. The fraction of sp³-hybridized carbons (Fsp3) is 0.188. The van der Waals surface area contributed by atoms with E-state index in [4.69, 9.17) is 0 Å². The first kappa shape index (κ1) is 16.5. The summed E-state index contributed by atoms with van der Waals surface area (Å²) < 4.78 is 28.9. The molecule has 2 aromatic carbocycles. The Kier molecular flexibility index (Phi) is 5.17. The summed E-state index contributed by atoms with van der Waals surface area (Å²) in [6.45, 7) is 0.473. The van der Waals surface area contributed by atoms with E-state index in [9.17, 15) is 13.9 Å². The second-order valence-electron chi connectivity index (χ2n) is 5.07. The summed E-state index contributed by atoms with van der Waals surface area (Å²) in [6, 6.07) is 13.1. The molecule has 1 N–H and O–H groups in total. The third kappa shape index (κ3) is 3.77. The highest BCUT2D eigenvalue weighted by Crippen LogP contribution is 2.26. The monoisotopic (exact) mass is 348 g/mol. The van der Waals surface area contributed by atoms with Crippen molar-refractivity contribution in [3.63, 3.8) is 0 Å². The average molecular weight is 348 g/mol. The molecule has 0 saturated carbocycles. The Labute approximate surface area is 141 Å². The molecule has 0 aliphatic carbocycles. The van der Waals surface area contributed by atoms with Gasteiger partial charge in [0.2, 0.25) is 5.16 Å². The van der Waals surface area contributed by atoms with E-state index in [-0.39, 0.29) is 11.3 Å². The first-order valence-corrected chi connectivity index (χ1v) is 8.18. The standard InChI is InChI=1S/C16H14F2N4OS/c17-12-7-4-8-13(18)15(12)14(23)10-24-16-19-20-21-22(16)9-11-5-2-1-3-6-11/h1-8,14,23H,9-10H2. The van der Waals surface area contributed by atoms with Gasteiger partial charge in [0.1, 0.15) is 11.6 Å². The van der Waals surface area contributed by atoms with Crippen LogP contribution in [-0.4, -0.2) is 31.1 Å². The van der Waals surface area contributed by atoms with Crippen LogP contribution in [0.25, 0.3) is 0 Å². The zero-order valence-corrected chi connectivity index (χ0v) is 13.3. The molecular formula is C16H14F2N4OS. The Morgan fingerprint density at radius 3 is 2.46 bits per heavy atom. The molecule has 1 heterocycles. The predicted molar refractivity (Wildman–Crippen MR) is 85.4 cm³/mol. The van der Waals surface area contributed by atoms with E-state index < -0.39 is 17.7 Å². The lowest BCUT2D eigenvalue weighted by Gasteiger charge is -2.12. The van der Waals surface area contributed by atoms with Crippen LogP contribution in [0.4, 0.5) is 8.78 Å². The van der Waals surface area contributed by atoms with Gasteiger partial charge in [0.25, 0.3) is 0 Å². The quantitative estimate of drug-likeness (QED) is 0.694. The number of rotatable bonds is 6. The van der Waals surface area contributed by atoms with Crippen LogP contribution in [-0.2, 0) is 6.54 Å². The number of halogens is 2. The highest BCUT2D eigenvalue weighted by atomic mass is 32.2. The Hall–Kier alpha value is -2.32. The number of hydrogen-bond donors (Lipinski definition) is 1. The summed E-state index contributed by atoms with van der Waals surface area (Å²) in [6.07, 6.45) is -1.29. The van der Waals surface area contributed by atoms with Gasteiger partial charge in [0.05, 0.1) is 18.2 Å². The summed E-state index contributed by atoms with van der Waals surface area (Å²) >= 11 is 1.14. The van der Waals surface area contributed by atoms with Gasteiger partial charge in [-0.15, -0.1) is 5.10 Å². The van der Waals surface area contributed by atoms with Crippen LogP contribution in [0.5, 0.6) is 0 Å². The lowest BCUT2D eigenvalue weighted by molar-refractivity contribution is 0.193. The fourth-order valence-electron chi connectivity index (χ4n) is 2.22. The van der Waals surface area contributed by atoms with Gasteiger partial charge in [-0.2, -0.15) is 0 Å². The third-order valence-electron chi connectivity index (χ3n) is 3.38. The molecule has 0 saturated heterocycles. The van der Waals surface area contributed by atoms with Crippen molar-refractivity contribution in [2.45, 2.75) is 17.8 Å². The molecule has 8 heteroatoms. The number of benzene rings is 2. The highest BCUT2D eigenvalue weighted by Gasteiger charge is 2.19. The van der Waals surface area contributed by atoms with E-state index in [2.05, 4.69) is 15.5 Å². The molecule has 0 aliphatic rings. The number of tetrazole rings is 1. The molecule has 0 amide bonds. The maximum absolute atomic E-state index is 13.7. The number of nitrogens with zero attached hydrogens (tertiary/aromatic N) is 4. The van der Waals surface area contributed by atoms with E-state index in [0.29, 0.717) is 11.7 Å². The molecule has 0 aliphatic heterocycles. The van der Waals surface area contributed by atoms with Gasteiger partial charge in [0.15, 0.2) is 0 Å². The van der Waals surface area contributed by atoms with Gasteiger partial charge in [-0.1, -0.05) is 48.2 Å². The maximum Gasteiger partial charge on any atom is 0.209 e. The van der Waals surface area contributed by atoms with Crippen LogP contribution < -0.4 is 0 Å². The van der Waals surface area contributed by atoms with E-state index in [1.807, 2.05) is 30.3 Å². The van der Waals surface area contributed by atoms with Crippen molar-refractivity contribution in [3.05, 3.63) is 71.3 Å². The molecule has 1 unspecified atom stereocenters. The SMILES string of the molecule is OC(CSc1nnnn1Cc1ccccc1)c1c(F)cccc1F. The summed E-state index contributed by atoms with van der Waals surface area (Å²) in [4.78, 5) is 0. The molecule has 24 heavy (non-hydrogen) atoms. The first-order valence-electron chi connectivity index (χ1n) is 7.20. The number of aromatic nitrogens is 4. The maximum atomic E-state index is 13.7. The van der Waals surface area contributed by atoms with Crippen molar-refractivity contribution in [1.29, 1.82) is 0 Å². The number of hydrogen-bond acceptors (Lipinski definition) is 5. The molecule has 124 valence electrons. The topological polar surface area (TPSA) is 63.8 Å². The smallest absolute Gasteiger partial charge is 0.209 e. The number of thioether (sulfide) groups is 1. The zero-order chi connectivity index (χ0) is 16.9. The molecule has 3 rings (SSSR count). The first-order chi connectivity index (χ1) is 11.6. The van der Waals surface area contributed by atoms with Crippen molar-refractivity contribution in [1.82, 2.24) is 20.2 Å². The van der Waals surface area contributed by atoms with Crippen molar-refractivity contribution < 1.29 is 13.9 Å². The second kappa shape index (κ2) is 7.50.